The van der Waals surface area contributed by atoms with Crippen LogP contribution in [0.5, 0.6) is 0 Å². The van der Waals surface area contributed by atoms with Gasteiger partial charge in [0.2, 0.25) is 10.0 Å². The standard InChI is InChI=1S/C23H24ClN5O3S2/c1-16(2)27(3)34(31,32)18-10-8-17(9-11-18)22(30)29(15-14-28-13-5-12-25-28)23-26-21-19(24)6-4-7-20(21)33-23/h4-13,16H,14-15H2,1-3H3. The summed E-state index contributed by atoms with van der Waals surface area (Å²) in [5, 5.41) is 5.24. The molecule has 0 bridgehead atoms. The summed E-state index contributed by atoms with van der Waals surface area (Å²) < 4.78 is 29.5. The molecule has 0 N–H and O–H groups in total. The Bertz CT molecular complexity index is 1400. The number of nitrogens with zero attached hydrogens (tertiary/aromatic N) is 5. The van der Waals surface area contributed by atoms with Gasteiger partial charge in [0.05, 0.1) is 21.2 Å². The molecule has 0 spiro atoms. The maximum atomic E-state index is 13.5. The number of hydrogen-bond acceptors (Lipinski definition) is 6. The van der Waals surface area contributed by atoms with Crippen LogP contribution in [0, 0.1) is 0 Å². The van der Waals surface area contributed by atoms with Gasteiger partial charge in [0.15, 0.2) is 5.13 Å². The van der Waals surface area contributed by atoms with E-state index >= 15 is 0 Å². The lowest BCUT2D eigenvalue weighted by atomic mass is 10.2. The molecule has 34 heavy (non-hydrogen) atoms. The Kier molecular flexibility index (Phi) is 7.04. The second kappa shape index (κ2) is 9.83. The average Bonchev–Trinajstić information content (AvgIpc) is 3.49. The van der Waals surface area contributed by atoms with E-state index in [0.717, 1.165) is 4.70 Å². The number of amides is 1. The summed E-state index contributed by atoms with van der Waals surface area (Å²) in [6, 6.07) is 13.1. The Hall–Kier alpha value is -2.79. The summed E-state index contributed by atoms with van der Waals surface area (Å²) in [5.41, 5.74) is 0.996. The predicted octanol–water partition coefficient (Wildman–Crippen LogP) is 4.52. The number of sulfonamides is 1. The minimum Gasteiger partial charge on any atom is -0.282 e. The third-order valence-electron chi connectivity index (χ3n) is 5.45. The molecule has 2 aromatic heterocycles. The van der Waals surface area contributed by atoms with E-state index in [0.29, 0.717) is 34.3 Å². The highest BCUT2D eigenvalue weighted by molar-refractivity contribution is 7.89. The fourth-order valence-corrected chi connectivity index (χ4v) is 5.96. The summed E-state index contributed by atoms with van der Waals surface area (Å²) >= 11 is 7.68. The van der Waals surface area contributed by atoms with Crippen LogP contribution in [-0.2, 0) is 16.6 Å². The van der Waals surface area contributed by atoms with Crippen LogP contribution in [0.25, 0.3) is 10.2 Å². The van der Waals surface area contributed by atoms with Crippen LogP contribution in [0.4, 0.5) is 5.13 Å². The largest absolute Gasteiger partial charge is 0.282 e. The zero-order valence-corrected chi connectivity index (χ0v) is 21.3. The molecule has 0 saturated heterocycles. The number of anilines is 1. The Morgan fingerprint density at radius 3 is 2.50 bits per heavy atom. The highest BCUT2D eigenvalue weighted by Gasteiger charge is 2.25. The van der Waals surface area contributed by atoms with E-state index in [2.05, 4.69) is 10.1 Å². The normalized spacial score (nSPS) is 12.1. The van der Waals surface area contributed by atoms with Crippen molar-refractivity contribution in [2.24, 2.45) is 0 Å². The average molecular weight is 518 g/mol. The number of rotatable bonds is 8. The molecule has 4 aromatic rings. The third kappa shape index (κ3) is 4.85. The molecular weight excluding hydrogens is 494 g/mol. The number of hydrogen-bond donors (Lipinski definition) is 0. The third-order valence-corrected chi connectivity index (χ3v) is 8.85. The lowest BCUT2D eigenvalue weighted by Crippen LogP contribution is -2.34. The van der Waals surface area contributed by atoms with Crippen molar-refractivity contribution in [2.45, 2.75) is 31.3 Å². The van der Waals surface area contributed by atoms with Crippen molar-refractivity contribution in [1.82, 2.24) is 19.1 Å². The summed E-state index contributed by atoms with van der Waals surface area (Å²) in [6.07, 6.45) is 3.50. The summed E-state index contributed by atoms with van der Waals surface area (Å²) in [7, 11) is -2.11. The van der Waals surface area contributed by atoms with E-state index in [-0.39, 0.29) is 16.8 Å². The second-order valence-electron chi connectivity index (χ2n) is 7.95. The molecule has 2 heterocycles. The first-order valence-electron chi connectivity index (χ1n) is 10.6. The van der Waals surface area contributed by atoms with Gasteiger partial charge in [-0.05, 0) is 56.3 Å². The van der Waals surface area contributed by atoms with Crippen LogP contribution in [0.3, 0.4) is 0 Å². The number of benzene rings is 2. The van der Waals surface area contributed by atoms with E-state index in [1.165, 1.54) is 47.0 Å². The molecule has 2 aromatic carbocycles. The first kappa shape index (κ1) is 24.3. The smallest absolute Gasteiger partial charge is 0.260 e. The van der Waals surface area contributed by atoms with E-state index in [1.807, 2.05) is 24.4 Å². The molecule has 0 fully saturated rings. The molecule has 0 atom stereocenters. The van der Waals surface area contributed by atoms with Crippen molar-refractivity contribution in [3.8, 4) is 0 Å². The summed E-state index contributed by atoms with van der Waals surface area (Å²) in [4.78, 5) is 19.9. The van der Waals surface area contributed by atoms with Gasteiger partial charge in [-0.25, -0.2) is 13.4 Å². The topological polar surface area (TPSA) is 88.4 Å². The zero-order valence-electron chi connectivity index (χ0n) is 18.9. The Balaban J connectivity index is 1.66. The maximum Gasteiger partial charge on any atom is 0.260 e. The van der Waals surface area contributed by atoms with Gasteiger partial charge in [0, 0.05) is 37.6 Å². The zero-order chi connectivity index (χ0) is 24.5. The molecule has 0 unspecified atom stereocenters. The molecule has 8 nitrogen and oxygen atoms in total. The van der Waals surface area contributed by atoms with Crippen LogP contribution in [0.15, 0.2) is 65.8 Å². The van der Waals surface area contributed by atoms with Gasteiger partial charge in [0.25, 0.3) is 5.91 Å². The van der Waals surface area contributed by atoms with Gasteiger partial charge in [-0.15, -0.1) is 0 Å². The number of carbonyl (C=O) groups excluding carboxylic acids is 1. The number of fused-ring (bicyclic) bond motifs is 1. The number of aromatic nitrogens is 3. The summed E-state index contributed by atoms with van der Waals surface area (Å²) in [5.74, 6) is -0.288. The fraction of sp³-hybridized carbons (Fsp3) is 0.261. The molecular formula is C23H24ClN5O3S2. The molecule has 1 amide bonds. The van der Waals surface area contributed by atoms with Crippen LogP contribution >= 0.6 is 22.9 Å². The van der Waals surface area contributed by atoms with Crippen molar-refractivity contribution >= 4 is 54.2 Å². The van der Waals surface area contributed by atoms with Gasteiger partial charge < -0.3 is 0 Å². The first-order valence-corrected chi connectivity index (χ1v) is 13.2. The molecule has 0 aliphatic heterocycles. The molecule has 0 radical (unpaired) electrons. The molecule has 0 aliphatic carbocycles. The quantitative estimate of drug-likeness (QED) is 0.343. The van der Waals surface area contributed by atoms with Gasteiger partial charge in [-0.1, -0.05) is 29.0 Å². The maximum absolute atomic E-state index is 13.5. The Labute approximate surface area is 207 Å². The Morgan fingerprint density at radius 2 is 1.88 bits per heavy atom. The SMILES string of the molecule is CC(C)N(C)S(=O)(=O)c1ccc(C(=O)N(CCn2cccn2)c2nc3c(Cl)cccc3s2)cc1. The van der Waals surface area contributed by atoms with E-state index in [4.69, 9.17) is 11.6 Å². The number of thiazole rings is 1. The van der Waals surface area contributed by atoms with Crippen LogP contribution in [0.1, 0.15) is 24.2 Å². The number of para-hydroxylation sites is 1. The molecule has 178 valence electrons. The molecule has 0 aliphatic rings. The lowest BCUT2D eigenvalue weighted by molar-refractivity contribution is 0.0985. The number of halogens is 1. The van der Waals surface area contributed by atoms with Crippen molar-refractivity contribution < 1.29 is 13.2 Å². The highest BCUT2D eigenvalue weighted by atomic mass is 35.5. The summed E-state index contributed by atoms with van der Waals surface area (Å²) in [6.45, 7) is 4.40. The molecule has 11 heteroatoms. The number of carbonyl (C=O) groups is 1. The van der Waals surface area contributed by atoms with Gasteiger partial charge >= 0.3 is 0 Å². The van der Waals surface area contributed by atoms with Crippen LogP contribution in [0.2, 0.25) is 5.02 Å². The first-order chi connectivity index (χ1) is 16.2. The van der Waals surface area contributed by atoms with Gasteiger partial charge in [0.1, 0.15) is 5.52 Å². The van der Waals surface area contributed by atoms with E-state index < -0.39 is 10.0 Å². The van der Waals surface area contributed by atoms with Gasteiger partial charge in [-0.3, -0.25) is 14.4 Å². The fourth-order valence-electron chi connectivity index (χ4n) is 3.31. The monoisotopic (exact) mass is 517 g/mol. The minimum absolute atomic E-state index is 0.134. The van der Waals surface area contributed by atoms with Crippen LogP contribution < -0.4 is 4.90 Å². The molecule has 4 rings (SSSR count). The highest BCUT2D eigenvalue weighted by Crippen LogP contribution is 2.33. The van der Waals surface area contributed by atoms with Crippen molar-refractivity contribution in [2.75, 3.05) is 18.5 Å². The lowest BCUT2D eigenvalue weighted by Gasteiger charge is -2.22. The van der Waals surface area contributed by atoms with Crippen LogP contribution in [-0.4, -0.2) is 53.0 Å². The van der Waals surface area contributed by atoms with Crippen molar-refractivity contribution in [3.63, 3.8) is 0 Å². The van der Waals surface area contributed by atoms with E-state index in [1.54, 1.807) is 35.7 Å². The second-order valence-corrected chi connectivity index (χ2v) is 11.4. The Morgan fingerprint density at radius 1 is 1.15 bits per heavy atom. The minimum atomic E-state index is -3.64. The van der Waals surface area contributed by atoms with Gasteiger partial charge in [-0.2, -0.15) is 9.40 Å². The van der Waals surface area contributed by atoms with E-state index in [9.17, 15) is 13.2 Å². The predicted molar refractivity (Wildman–Crippen MR) is 135 cm³/mol. The molecule has 0 saturated carbocycles. The van der Waals surface area contributed by atoms with Crippen molar-refractivity contribution in [3.05, 3.63) is 71.5 Å². The van der Waals surface area contributed by atoms with Crippen molar-refractivity contribution in [1.29, 1.82) is 0 Å².